The quantitative estimate of drug-likeness (QED) is 0.636. The molecule has 4 nitrogen and oxygen atoms in total. The van der Waals surface area contributed by atoms with E-state index in [2.05, 4.69) is 26.1 Å². The van der Waals surface area contributed by atoms with E-state index in [1.807, 2.05) is 26.2 Å². The second-order valence-electron chi connectivity index (χ2n) is 5.92. The van der Waals surface area contributed by atoms with Crippen LogP contribution in [0.3, 0.4) is 0 Å². The lowest BCUT2D eigenvalue weighted by molar-refractivity contribution is 0.275. The molecule has 0 aliphatic rings. The van der Waals surface area contributed by atoms with E-state index in [1.165, 1.54) is 6.07 Å². The lowest BCUT2D eigenvalue weighted by Gasteiger charge is -2.18. The van der Waals surface area contributed by atoms with Crippen molar-refractivity contribution in [1.82, 2.24) is 10.2 Å². The fourth-order valence-corrected chi connectivity index (χ4v) is 2.80. The molecule has 0 heterocycles. The van der Waals surface area contributed by atoms with Crippen LogP contribution >= 0.6 is 15.9 Å². The Kier molecular flexibility index (Phi) is 7.68. The van der Waals surface area contributed by atoms with Crippen LogP contribution in [-0.4, -0.2) is 39.2 Å². The third kappa shape index (κ3) is 5.70. The molecule has 0 aromatic heterocycles. The molecule has 0 bridgehead atoms. The number of methoxy groups -OCH3 is 1. The van der Waals surface area contributed by atoms with Gasteiger partial charge in [-0.1, -0.05) is 34.1 Å². The zero-order valence-electron chi connectivity index (χ0n) is 14.8. The average molecular weight is 411 g/mol. The Morgan fingerprint density at radius 1 is 1.16 bits per heavy atom. The van der Waals surface area contributed by atoms with Crippen LogP contribution in [-0.2, 0) is 13.2 Å². The Morgan fingerprint density at radius 3 is 2.60 bits per heavy atom. The predicted molar refractivity (Wildman–Crippen MR) is 102 cm³/mol. The number of nitrogens with zero attached hydrogens (tertiary/aromatic N) is 1. The minimum Gasteiger partial charge on any atom is -0.493 e. The van der Waals surface area contributed by atoms with Gasteiger partial charge in [0.05, 0.1) is 7.11 Å². The smallest absolute Gasteiger partial charge is 0.167 e. The van der Waals surface area contributed by atoms with E-state index in [-0.39, 0.29) is 12.4 Å². The van der Waals surface area contributed by atoms with Crippen LogP contribution in [0.2, 0.25) is 0 Å². The normalized spacial score (nSPS) is 11.0. The molecule has 2 rings (SSSR count). The summed E-state index contributed by atoms with van der Waals surface area (Å²) >= 11 is 3.57. The van der Waals surface area contributed by atoms with Crippen LogP contribution in [0.4, 0.5) is 4.39 Å². The summed E-state index contributed by atoms with van der Waals surface area (Å²) in [6, 6.07) is 10.4. The second-order valence-corrected chi connectivity index (χ2v) is 6.77. The molecule has 0 fully saturated rings. The molecular formula is C19H24BrFN2O2. The van der Waals surface area contributed by atoms with E-state index in [9.17, 15) is 4.39 Å². The number of rotatable bonds is 9. The van der Waals surface area contributed by atoms with Crippen molar-refractivity contribution in [3.05, 3.63) is 57.8 Å². The van der Waals surface area contributed by atoms with Crippen molar-refractivity contribution in [2.45, 2.75) is 13.2 Å². The van der Waals surface area contributed by atoms with Gasteiger partial charge in [-0.2, -0.15) is 0 Å². The van der Waals surface area contributed by atoms with Crippen LogP contribution in [0.5, 0.6) is 11.5 Å². The molecule has 0 atom stereocenters. The zero-order chi connectivity index (χ0) is 18.2. The molecule has 0 saturated carbocycles. The molecule has 0 unspecified atom stereocenters. The monoisotopic (exact) mass is 410 g/mol. The molecule has 0 amide bonds. The van der Waals surface area contributed by atoms with E-state index in [0.717, 1.165) is 23.1 Å². The first-order chi connectivity index (χ1) is 12.0. The van der Waals surface area contributed by atoms with Crippen molar-refractivity contribution < 1.29 is 13.9 Å². The molecule has 0 spiro atoms. The molecule has 1 N–H and O–H groups in total. The second kappa shape index (κ2) is 9.75. The van der Waals surface area contributed by atoms with Crippen molar-refractivity contribution >= 4 is 15.9 Å². The van der Waals surface area contributed by atoms with Gasteiger partial charge < -0.3 is 19.7 Å². The highest BCUT2D eigenvalue weighted by molar-refractivity contribution is 9.10. The van der Waals surface area contributed by atoms with Crippen molar-refractivity contribution in [3.63, 3.8) is 0 Å². The van der Waals surface area contributed by atoms with Gasteiger partial charge in [-0.3, -0.25) is 0 Å². The third-order valence-corrected chi connectivity index (χ3v) is 4.50. The summed E-state index contributed by atoms with van der Waals surface area (Å²) in [4.78, 5) is 2.11. The number of hydrogen-bond acceptors (Lipinski definition) is 4. The van der Waals surface area contributed by atoms with Crippen LogP contribution < -0.4 is 14.8 Å². The number of ether oxygens (including phenoxy) is 2. The van der Waals surface area contributed by atoms with Gasteiger partial charge in [0.25, 0.3) is 0 Å². The number of benzene rings is 2. The van der Waals surface area contributed by atoms with Crippen molar-refractivity contribution in [1.29, 1.82) is 0 Å². The van der Waals surface area contributed by atoms with Gasteiger partial charge in [0.2, 0.25) is 0 Å². The molecule has 2 aromatic rings. The van der Waals surface area contributed by atoms with Gasteiger partial charge in [-0.05, 0) is 32.3 Å². The minimum absolute atomic E-state index is 0.143. The Morgan fingerprint density at radius 2 is 1.92 bits per heavy atom. The lowest BCUT2D eigenvalue weighted by Crippen LogP contribution is -2.26. The number of nitrogens with one attached hydrogen (secondary N) is 1. The summed E-state index contributed by atoms with van der Waals surface area (Å²) in [5.74, 6) is 0.976. The molecule has 0 saturated heterocycles. The molecule has 0 aliphatic carbocycles. The average Bonchev–Trinajstić information content (AvgIpc) is 2.59. The molecule has 6 heteroatoms. The summed E-state index contributed by atoms with van der Waals surface area (Å²) in [7, 11) is 5.67. The zero-order valence-corrected chi connectivity index (χ0v) is 16.4. The largest absolute Gasteiger partial charge is 0.493 e. The Labute approximate surface area is 157 Å². The highest BCUT2D eigenvalue weighted by atomic mass is 79.9. The van der Waals surface area contributed by atoms with Crippen molar-refractivity contribution in [2.75, 3.05) is 34.3 Å². The van der Waals surface area contributed by atoms with Gasteiger partial charge in [0.15, 0.2) is 11.5 Å². The highest BCUT2D eigenvalue weighted by Gasteiger charge is 2.15. The molecule has 0 radical (unpaired) electrons. The van der Waals surface area contributed by atoms with Gasteiger partial charge in [-0.15, -0.1) is 0 Å². The summed E-state index contributed by atoms with van der Waals surface area (Å²) in [5.41, 5.74) is 1.46. The van der Waals surface area contributed by atoms with Crippen molar-refractivity contribution in [2.24, 2.45) is 0 Å². The molecule has 2 aromatic carbocycles. The van der Waals surface area contributed by atoms with Crippen LogP contribution in [0.25, 0.3) is 0 Å². The standard InChI is InChI=1S/C19H24BrFN2O2/c1-23(2)11-10-22-12-15-16(20)8-9-18(24-3)19(15)25-13-14-6-4-5-7-17(14)21/h4-9,22H,10-13H2,1-3H3. The number of hydrogen-bond donors (Lipinski definition) is 1. The lowest BCUT2D eigenvalue weighted by atomic mass is 10.1. The van der Waals surface area contributed by atoms with E-state index in [1.54, 1.807) is 25.3 Å². The Balaban J connectivity index is 2.16. The predicted octanol–water partition coefficient (Wildman–Crippen LogP) is 3.83. The highest BCUT2D eigenvalue weighted by Crippen LogP contribution is 2.36. The van der Waals surface area contributed by atoms with Crippen molar-refractivity contribution in [3.8, 4) is 11.5 Å². The van der Waals surface area contributed by atoms with Crippen LogP contribution in [0.1, 0.15) is 11.1 Å². The fourth-order valence-electron chi connectivity index (χ4n) is 2.35. The summed E-state index contributed by atoms with van der Waals surface area (Å²) in [6.45, 7) is 2.55. The fraction of sp³-hybridized carbons (Fsp3) is 0.368. The van der Waals surface area contributed by atoms with Gasteiger partial charge in [0, 0.05) is 35.2 Å². The van der Waals surface area contributed by atoms with E-state index >= 15 is 0 Å². The maximum Gasteiger partial charge on any atom is 0.167 e. The summed E-state index contributed by atoms with van der Waals surface area (Å²) < 4.78 is 26.1. The maximum atomic E-state index is 13.8. The number of likely N-dealkylation sites (N-methyl/N-ethyl adjacent to an activating group) is 1. The first-order valence-corrected chi connectivity index (χ1v) is 8.89. The summed E-state index contributed by atoms with van der Waals surface area (Å²) in [5, 5.41) is 3.39. The van der Waals surface area contributed by atoms with Gasteiger partial charge in [0.1, 0.15) is 12.4 Å². The Bertz CT molecular complexity index is 695. The number of halogens is 2. The van der Waals surface area contributed by atoms with Crippen LogP contribution in [0, 0.1) is 5.82 Å². The molecule has 136 valence electrons. The first-order valence-electron chi connectivity index (χ1n) is 8.10. The van der Waals surface area contributed by atoms with Gasteiger partial charge in [-0.25, -0.2) is 4.39 Å². The molecule has 25 heavy (non-hydrogen) atoms. The maximum absolute atomic E-state index is 13.8. The van der Waals surface area contributed by atoms with Crippen LogP contribution in [0.15, 0.2) is 40.9 Å². The van der Waals surface area contributed by atoms with Gasteiger partial charge >= 0.3 is 0 Å². The van der Waals surface area contributed by atoms with E-state index < -0.39 is 0 Å². The minimum atomic E-state index is -0.276. The molecule has 0 aliphatic heterocycles. The molecular weight excluding hydrogens is 387 g/mol. The third-order valence-electron chi connectivity index (χ3n) is 3.75. The topological polar surface area (TPSA) is 33.7 Å². The Hall–Kier alpha value is -1.63. The van der Waals surface area contributed by atoms with E-state index in [4.69, 9.17) is 9.47 Å². The SMILES string of the molecule is COc1ccc(Br)c(CNCCN(C)C)c1OCc1ccccc1F. The first kappa shape index (κ1) is 19.7. The van der Waals surface area contributed by atoms with E-state index in [0.29, 0.717) is 23.6 Å². The summed E-state index contributed by atoms with van der Waals surface area (Å²) in [6.07, 6.45) is 0.